The van der Waals surface area contributed by atoms with Crippen LogP contribution in [-0.2, 0) is 12.7 Å². The van der Waals surface area contributed by atoms with Gasteiger partial charge in [-0.3, -0.25) is 0 Å². The first-order chi connectivity index (χ1) is 12.3. The molecule has 3 aromatic rings. The van der Waals surface area contributed by atoms with Gasteiger partial charge in [0.2, 0.25) is 0 Å². The molecule has 0 aliphatic heterocycles. The van der Waals surface area contributed by atoms with Crippen LogP contribution in [0.25, 0.3) is 11.3 Å². The Morgan fingerprint density at radius 1 is 0.962 bits per heavy atom. The van der Waals surface area contributed by atoms with Crippen molar-refractivity contribution in [3.8, 4) is 17.3 Å². The fraction of sp³-hybridized carbons (Fsp3) is 0.105. The van der Waals surface area contributed by atoms with Crippen LogP contribution in [0.1, 0.15) is 16.7 Å². The number of halogens is 5. The molecule has 0 aliphatic rings. The summed E-state index contributed by atoms with van der Waals surface area (Å²) in [6.07, 6.45) is -4.51. The van der Waals surface area contributed by atoms with Crippen LogP contribution in [0.15, 0.2) is 63.7 Å². The highest BCUT2D eigenvalue weighted by atomic mass is 79.9. The Morgan fingerprint density at radius 2 is 1.58 bits per heavy atom. The van der Waals surface area contributed by atoms with E-state index < -0.39 is 11.7 Å². The molecule has 0 N–H and O–H groups in total. The molecular weight excluding hydrogens is 473 g/mol. The standard InChI is InChI=1S/C19H11Br2F3N2/c20-16-15(19(22,23)24)18(21)26(11-13-4-2-1-3-5-13)17(16)14-8-6-12(10-25)7-9-14/h1-9H,11H2. The molecule has 0 atom stereocenters. The maximum Gasteiger partial charge on any atom is 0.420 e. The lowest BCUT2D eigenvalue weighted by Gasteiger charge is -2.12. The van der Waals surface area contributed by atoms with Crippen LogP contribution in [0.2, 0.25) is 0 Å². The van der Waals surface area contributed by atoms with Gasteiger partial charge >= 0.3 is 6.18 Å². The highest BCUT2D eigenvalue weighted by Crippen LogP contribution is 2.46. The molecule has 0 unspecified atom stereocenters. The van der Waals surface area contributed by atoms with Gasteiger partial charge in [0.1, 0.15) is 5.56 Å². The zero-order valence-corrected chi connectivity index (χ0v) is 16.4. The Morgan fingerprint density at radius 3 is 2.12 bits per heavy atom. The molecule has 2 nitrogen and oxygen atoms in total. The fourth-order valence-corrected chi connectivity index (χ4v) is 4.55. The van der Waals surface area contributed by atoms with Crippen molar-refractivity contribution in [3.05, 3.63) is 80.4 Å². The highest BCUT2D eigenvalue weighted by molar-refractivity contribution is 9.11. The van der Waals surface area contributed by atoms with E-state index in [1.54, 1.807) is 28.8 Å². The number of alkyl halides is 3. The van der Waals surface area contributed by atoms with Gasteiger partial charge in [-0.15, -0.1) is 0 Å². The monoisotopic (exact) mass is 482 g/mol. The zero-order chi connectivity index (χ0) is 18.9. The summed E-state index contributed by atoms with van der Waals surface area (Å²) >= 11 is 6.27. The normalized spacial score (nSPS) is 11.4. The second kappa shape index (κ2) is 7.29. The van der Waals surface area contributed by atoms with E-state index in [4.69, 9.17) is 5.26 Å². The SMILES string of the molecule is N#Cc1ccc(-c2c(Br)c(C(F)(F)F)c(Br)n2Cc2ccccc2)cc1. The highest BCUT2D eigenvalue weighted by Gasteiger charge is 2.40. The molecule has 0 saturated carbocycles. The molecule has 0 bridgehead atoms. The quantitative estimate of drug-likeness (QED) is 0.411. The summed E-state index contributed by atoms with van der Waals surface area (Å²) in [5.74, 6) is 0. The minimum atomic E-state index is -4.51. The summed E-state index contributed by atoms with van der Waals surface area (Å²) < 4.78 is 42.2. The van der Waals surface area contributed by atoms with Crippen LogP contribution in [0, 0.1) is 11.3 Å². The van der Waals surface area contributed by atoms with Crippen LogP contribution < -0.4 is 0 Å². The van der Waals surface area contributed by atoms with Crippen molar-refractivity contribution >= 4 is 31.9 Å². The Kier molecular flexibility index (Phi) is 5.26. The topological polar surface area (TPSA) is 28.7 Å². The van der Waals surface area contributed by atoms with Gasteiger partial charge in [0.15, 0.2) is 0 Å². The second-order valence-corrected chi connectivity index (χ2v) is 7.13. The number of nitriles is 1. The van der Waals surface area contributed by atoms with Crippen molar-refractivity contribution in [2.75, 3.05) is 0 Å². The first-order valence-corrected chi connectivity index (χ1v) is 9.10. The Labute approximate surface area is 165 Å². The van der Waals surface area contributed by atoms with Crippen LogP contribution in [0.5, 0.6) is 0 Å². The molecule has 0 aliphatic carbocycles. The number of hydrogen-bond donors (Lipinski definition) is 0. The number of rotatable bonds is 3. The van der Waals surface area contributed by atoms with Gasteiger partial charge in [-0.05, 0) is 55.1 Å². The summed E-state index contributed by atoms with van der Waals surface area (Å²) in [7, 11) is 0. The molecule has 2 aromatic carbocycles. The second-order valence-electron chi connectivity index (χ2n) is 5.59. The minimum absolute atomic E-state index is 0.0301. The van der Waals surface area contributed by atoms with E-state index in [9.17, 15) is 13.2 Å². The summed E-state index contributed by atoms with van der Waals surface area (Å²) in [6.45, 7) is 0.269. The summed E-state index contributed by atoms with van der Waals surface area (Å²) in [6, 6.07) is 17.7. The first kappa shape index (κ1) is 18.7. The van der Waals surface area contributed by atoms with Gasteiger partial charge in [-0.2, -0.15) is 18.4 Å². The Bertz CT molecular complexity index is 969. The van der Waals surface area contributed by atoms with Crippen LogP contribution >= 0.6 is 31.9 Å². The average molecular weight is 484 g/mol. The number of aromatic nitrogens is 1. The van der Waals surface area contributed by atoms with Gasteiger partial charge in [0, 0.05) is 6.54 Å². The predicted octanol–water partition coefficient (Wildman–Crippen LogP) is 6.62. The molecule has 0 amide bonds. The first-order valence-electron chi connectivity index (χ1n) is 7.52. The lowest BCUT2D eigenvalue weighted by Crippen LogP contribution is -2.07. The van der Waals surface area contributed by atoms with Gasteiger partial charge < -0.3 is 4.57 Å². The molecule has 0 radical (unpaired) electrons. The van der Waals surface area contributed by atoms with Crippen molar-refractivity contribution in [2.45, 2.75) is 12.7 Å². The third-order valence-electron chi connectivity index (χ3n) is 3.90. The van der Waals surface area contributed by atoms with Crippen molar-refractivity contribution in [3.63, 3.8) is 0 Å². The third-order valence-corrected chi connectivity index (χ3v) is 5.49. The number of hydrogen-bond acceptors (Lipinski definition) is 1. The molecule has 132 valence electrons. The molecule has 0 fully saturated rings. The van der Waals surface area contributed by atoms with Gasteiger partial charge in [0.05, 0.1) is 26.4 Å². The van der Waals surface area contributed by atoms with E-state index in [-0.39, 0.29) is 15.6 Å². The van der Waals surface area contributed by atoms with Crippen LogP contribution in [-0.4, -0.2) is 4.57 Å². The van der Waals surface area contributed by atoms with E-state index in [2.05, 4.69) is 31.9 Å². The largest absolute Gasteiger partial charge is 0.420 e. The maximum atomic E-state index is 13.6. The van der Waals surface area contributed by atoms with E-state index in [1.807, 2.05) is 36.4 Å². The predicted molar refractivity (Wildman–Crippen MR) is 101 cm³/mol. The number of benzene rings is 2. The lowest BCUT2D eigenvalue weighted by molar-refractivity contribution is -0.138. The summed E-state index contributed by atoms with van der Waals surface area (Å²) in [4.78, 5) is 0. The van der Waals surface area contributed by atoms with Crippen molar-refractivity contribution in [1.82, 2.24) is 4.57 Å². The number of nitrogens with zero attached hydrogens (tertiary/aromatic N) is 2. The Balaban J connectivity index is 2.22. The van der Waals surface area contributed by atoms with Gasteiger partial charge in [0.25, 0.3) is 0 Å². The molecule has 26 heavy (non-hydrogen) atoms. The van der Waals surface area contributed by atoms with Crippen molar-refractivity contribution in [2.24, 2.45) is 0 Å². The van der Waals surface area contributed by atoms with Gasteiger partial charge in [-0.25, -0.2) is 0 Å². The van der Waals surface area contributed by atoms with Crippen LogP contribution in [0.3, 0.4) is 0 Å². The van der Waals surface area contributed by atoms with E-state index in [0.717, 1.165) is 5.56 Å². The molecular formula is C19H11Br2F3N2. The molecule has 1 heterocycles. The molecule has 0 saturated heterocycles. The van der Waals surface area contributed by atoms with Gasteiger partial charge in [-0.1, -0.05) is 42.5 Å². The van der Waals surface area contributed by atoms with E-state index >= 15 is 0 Å². The molecule has 3 rings (SSSR count). The maximum absolute atomic E-state index is 13.6. The average Bonchev–Trinajstić information content (AvgIpc) is 2.86. The zero-order valence-electron chi connectivity index (χ0n) is 13.2. The van der Waals surface area contributed by atoms with Crippen molar-refractivity contribution in [1.29, 1.82) is 5.26 Å². The van der Waals surface area contributed by atoms with E-state index in [0.29, 0.717) is 16.8 Å². The summed E-state index contributed by atoms with van der Waals surface area (Å²) in [5, 5.41) is 8.94. The minimum Gasteiger partial charge on any atom is -0.329 e. The lowest BCUT2D eigenvalue weighted by atomic mass is 10.1. The smallest absolute Gasteiger partial charge is 0.329 e. The third kappa shape index (κ3) is 3.57. The molecule has 7 heteroatoms. The molecule has 0 spiro atoms. The molecule has 1 aromatic heterocycles. The Hall–Kier alpha value is -2.04. The van der Waals surface area contributed by atoms with Crippen molar-refractivity contribution < 1.29 is 13.2 Å². The fourth-order valence-electron chi connectivity index (χ4n) is 2.70. The van der Waals surface area contributed by atoms with E-state index in [1.165, 1.54) is 0 Å². The summed E-state index contributed by atoms with van der Waals surface area (Å²) in [5.41, 5.74) is 1.55. The van der Waals surface area contributed by atoms with Crippen LogP contribution in [0.4, 0.5) is 13.2 Å².